The van der Waals surface area contributed by atoms with E-state index in [1.54, 1.807) is 0 Å². The molecule has 1 aromatic rings. The molecule has 1 aliphatic rings. The molecular weight excluding hydrogens is 248 g/mol. The molecule has 1 aliphatic heterocycles. The van der Waals surface area contributed by atoms with Gasteiger partial charge in [-0.05, 0) is 37.4 Å². The second-order valence-electron chi connectivity index (χ2n) is 6.17. The van der Waals surface area contributed by atoms with E-state index in [4.69, 9.17) is 0 Å². The molecule has 20 heavy (non-hydrogen) atoms. The Labute approximate surface area is 123 Å². The van der Waals surface area contributed by atoms with Crippen molar-refractivity contribution in [1.29, 1.82) is 0 Å². The molecule has 2 N–H and O–H groups in total. The lowest BCUT2D eigenvalue weighted by Gasteiger charge is -2.32. The third-order valence-electron chi connectivity index (χ3n) is 4.75. The molecule has 2 rings (SSSR count). The minimum absolute atomic E-state index is 0.281. The van der Waals surface area contributed by atoms with Crippen molar-refractivity contribution in [3.63, 3.8) is 0 Å². The van der Waals surface area contributed by atoms with Crippen LogP contribution in [0.4, 0.5) is 0 Å². The monoisotopic (exact) mass is 276 g/mol. The summed E-state index contributed by atoms with van der Waals surface area (Å²) < 4.78 is 0. The normalized spacial score (nSPS) is 26.6. The van der Waals surface area contributed by atoms with Gasteiger partial charge in [0, 0.05) is 18.6 Å². The van der Waals surface area contributed by atoms with Crippen LogP contribution >= 0.6 is 0 Å². The van der Waals surface area contributed by atoms with Crippen molar-refractivity contribution in [3.8, 4) is 0 Å². The molecule has 0 amide bonds. The van der Waals surface area contributed by atoms with Crippen LogP contribution in [0.2, 0.25) is 0 Å². The van der Waals surface area contributed by atoms with Gasteiger partial charge in [0.05, 0.1) is 6.61 Å². The van der Waals surface area contributed by atoms with Gasteiger partial charge in [-0.2, -0.15) is 0 Å². The van der Waals surface area contributed by atoms with Gasteiger partial charge in [-0.15, -0.1) is 0 Å². The van der Waals surface area contributed by atoms with Gasteiger partial charge in [-0.3, -0.25) is 4.90 Å². The van der Waals surface area contributed by atoms with Gasteiger partial charge in [0.15, 0.2) is 0 Å². The summed E-state index contributed by atoms with van der Waals surface area (Å²) in [7, 11) is 2.03. The number of nitrogens with one attached hydrogen (secondary N) is 1. The highest BCUT2D eigenvalue weighted by atomic mass is 16.3. The van der Waals surface area contributed by atoms with Gasteiger partial charge < -0.3 is 10.4 Å². The number of aliphatic hydroxyl groups is 1. The lowest BCUT2D eigenvalue weighted by atomic mass is 9.93. The molecule has 0 spiro atoms. The van der Waals surface area contributed by atoms with Gasteiger partial charge in [0.25, 0.3) is 0 Å². The van der Waals surface area contributed by atoms with Crippen molar-refractivity contribution >= 4 is 0 Å². The molecule has 1 heterocycles. The fraction of sp³-hybridized carbons (Fsp3) is 0.647. The van der Waals surface area contributed by atoms with E-state index in [2.05, 4.69) is 54.4 Å². The minimum Gasteiger partial charge on any atom is -0.395 e. The van der Waals surface area contributed by atoms with Gasteiger partial charge >= 0.3 is 0 Å². The largest absolute Gasteiger partial charge is 0.395 e. The van der Waals surface area contributed by atoms with Crippen LogP contribution in [0.25, 0.3) is 0 Å². The molecule has 3 nitrogen and oxygen atoms in total. The van der Waals surface area contributed by atoms with E-state index in [0.717, 1.165) is 13.1 Å². The van der Waals surface area contributed by atoms with E-state index in [1.165, 1.54) is 12.0 Å². The van der Waals surface area contributed by atoms with Crippen LogP contribution in [-0.4, -0.2) is 42.8 Å². The van der Waals surface area contributed by atoms with E-state index in [0.29, 0.717) is 23.9 Å². The zero-order chi connectivity index (χ0) is 14.5. The average molecular weight is 276 g/mol. The first-order valence-electron chi connectivity index (χ1n) is 7.74. The van der Waals surface area contributed by atoms with Gasteiger partial charge in [0.2, 0.25) is 0 Å². The van der Waals surface area contributed by atoms with Crippen LogP contribution in [0.3, 0.4) is 0 Å². The first kappa shape index (κ1) is 15.5. The lowest BCUT2D eigenvalue weighted by molar-refractivity contribution is 0.120. The Hall–Kier alpha value is -0.900. The van der Waals surface area contributed by atoms with Crippen molar-refractivity contribution in [2.24, 2.45) is 11.8 Å². The summed E-state index contributed by atoms with van der Waals surface area (Å²) in [5.41, 5.74) is 1.34. The van der Waals surface area contributed by atoms with E-state index >= 15 is 0 Å². The maximum absolute atomic E-state index is 9.58. The number of likely N-dealkylation sites (tertiary alicyclic amines) is 1. The highest BCUT2D eigenvalue weighted by Gasteiger charge is 2.32. The molecule has 1 fully saturated rings. The van der Waals surface area contributed by atoms with Crippen molar-refractivity contribution in [2.75, 3.05) is 26.7 Å². The first-order valence-corrected chi connectivity index (χ1v) is 7.74. The summed E-state index contributed by atoms with van der Waals surface area (Å²) in [6.45, 7) is 6.98. The molecule has 4 atom stereocenters. The highest BCUT2D eigenvalue weighted by molar-refractivity contribution is 5.19. The first-order chi connectivity index (χ1) is 9.67. The van der Waals surface area contributed by atoms with Crippen LogP contribution in [-0.2, 0) is 0 Å². The Morgan fingerprint density at radius 2 is 2.05 bits per heavy atom. The Balaban J connectivity index is 2.01. The summed E-state index contributed by atoms with van der Waals surface area (Å²) >= 11 is 0. The van der Waals surface area contributed by atoms with Crippen molar-refractivity contribution < 1.29 is 5.11 Å². The molecule has 112 valence electrons. The van der Waals surface area contributed by atoms with Crippen molar-refractivity contribution in [1.82, 2.24) is 10.2 Å². The molecule has 0 aliphatic carbocycles. The van der Waals surface area contributed by atoms with Crippen molar-refractivity contribution in [2.45, 2.75) is 32.4 Å². The maximum Gasteiger partial charge on any atom is 0.0589 e. The fourth-order valence-corrected chi connectivity index (χ4v) is 3.53. The van der Waals surface area contributed by atoms with Crippen LogP contribution in [0.15, 0.2) is 30.3 Å². The Morgan fingerprint density at radius 3 is 2.65 bits per heavy atom. The molecule has 0 aromatic heterocycles. The number of rotatable bonds is 6. The molecule has 4 unspecified atom stereocenters. The van der Waals surface area contributed by atoms with Crippen molar-refractivity contribution in [3.05, 3.63) is 35.9 Å². The molecule has 1 saturated heterocycles. The molecule has 0 radical (unpaired) electrons. The van der Waals surface area contributed by atoms with Gasteiger partial charge in [-0.1, -0.05) is 44.2 Å². The Morgan fingerprint density at radius 1 is 1.35 bits per heavy atom. The quantitative estimate of drug-likeness (QED) is 0.837. The standard InChI is InChI=1S/C17H28N2O/c1-13-9-10-19(16(13)12-20)11-14(2)17(18-3)15-7-5-4-6-8-15/h4-8,13-14,16-18,20H,9-12H2,1-3H3. The molecular formula is C17H28N2O. The zero-order valence-corrected chi connectivity index (χ0v) is 12.9. The number of aliphatic hydroxyl groups excluding tert-OH is 1. The van der Waals surface area contributed by atoms with Crippen LogP contribution < -0.4 is 5.32 Å². The van der Waals surface area contributed by atoms with Crippen LogP contribution in [0, 0.1) is 11.8 Å². The third kappa shape index (κ3) is 3.40. The zero-order valence-electron chi connectivity index (χ0n) is 12.9. The van der Waals surface area contributed by atoms with E-state index in [9.17, 15) is 5.11 Å². The van der Waals surface area contributed by atoms with E-state index in [1.807, 2.05) is 7.05 Å². The van der Waals surface area contributed by atoms with Crippen LogP contribution in [0.5, 0.6) is 0 Å². The minimum atomic E-state index is 0.281. The molecule has 0 bridgehead atoms. The lowest BCUT2D eigenvalue weighted by Crippen LogP contribution is -2.40. The molecule has 0 saturated carbocycles. The molecule has 1 aromatic carbocycles. The van der Waals surface area contributed by atoms with Gasteiger partial charge in [0.1, 0.15) is 0 Å². The van der Waals surface area contributed by atoms with E-state index < -0.39 is 0 Å². The Kier molecular flexibility index (Phi) is 5.58. The summed E-state index contributed by atoms with van der Waals surface area (Å²) in [6.07, 6.45) is 1.20. The number of nitrogens with zero attached hydrogens (tertiary/aromatic N) is 1. The SMILES string of the molecule is CNC(c1ccccc1)C(C)CN1CCC(C)C1CO. The summed E-state index contributed by atoms with van der Waals surface area (Å²) in [5.74, 6) is 1.12. The highest BCUT2D eigenvalue weighted by Crippen LogP contribution is 2.28. The summed E-state index contributed by atoms with van der Waals surface area (Å²) in [5, 5.41) is 13.0. The molecule has 3 heteroatoms. The van der Waals surface area contributed by atoms with Crippen LogP contribution in [0.1, 0.15) is 31.9 Å². The maximum atomic E-state index is 9.58. The summed E-state index contributed by atoms with van der Waals surface area (Å²) in [4.78, 5) is 2.46. The number of benzene rings is 1. The third-order valence-corrected chi connectivity index (χ3v) is 4.75. The fourth-order valence-electron chi connectivity index (χ4n) is 3.53. The van der Waals surface area contributed by atoms with Gasteiger partial charge in [-0.25, -0.2) is 0 Å². The number of hydrogen-bond acceptors (Lipinski definition) is 3. The predicted molar refractivity (Wildman–Crippen MR) is 83.6 cm³/mol. The topological polar surface area (TPSA) is 35.5 Å². The summed E-state index contributed by atoms with van der Waals surface area (Å²) in [6, 6.07) is 11.3. The second kappa shape index (κ2) is 7.21. The smallest absolute Gasteiger partial charge is 0.0589 e. The number of hydrogen-bond donors (Lipinski definition) is 2. The predicted octanol–water partition coefficient (Wildman–Crippen LogP) is 2.29. The Bertz CT molecular complexity index is 395. The second-order valence-corrected chi connectivity index (χ2v) is 6.17. The average Bonchev–Trinajstić information content (AvgIpc) is 2.81. The van der Waals surface area contributed by atoms with E-state index in [-0.39, 0.29) is 6.61 Å².